The van der Waals surface area contributed by atoms with Gasteiger partial charge in [0.2, 0.25) is 11.8 Å². The Morgan fingerprint density at radius 2 is 1.78 bits per heavy atom. The SMILES string of the molecule is O=C1CCC(N2C(=O)c3cccc(NCC4CC5(CCN(CC6CCC(n7cc(NC(=O)c8csc9ccc(N%10C[C@H]%11CC%10CO%11)nc89)c(C(F)F)n7)CC6)CC5)C4)c3C2=O)C(=O)N1. The number of carbonyl (C=O) groups is 5. The largest absolute Gasteiger partial charge is 0.384 e. The smallest absolute Gasteiger partial charge is 0.284 e. The highest BCUT2D eigenvalue weighted by Gasteiger charge is 2.48. The average Bonchev–Trinajstić information content (AvgIpc) is 4.13. The minimum atomic E-state index is -2.84. The molecular formula is C46H51F2N9O6S. The quantitative estimate of drug-likeness (QED) is 0.143. The fourth-order valence-corrected chi connectivity index (χ4v) is 12.6. The summed E-state index contributed by atoms with van der Waals surface area (Å²) in [7, 11) is 0. The number of piperidine rings is 2. The van der Waals surface area contributed by atoms with E-state index in [0.717, 1.165) is 99.4 Å². The number of hydrogen-bond acceptors (Lipinski definition) is 12. The van der Waals surface area contributed by atoms with Crippen LogP contribution < -0.4 is 20.9 Å². The number of morpholine rings is 1. The zero-order valence-corrected chi connectivity index (χ0v) is 36.2. The first-order valence-electron chi connectivity index (χ1n) is 22.7. The number of rotatable bonds is 11. The molecule has 8 heterocycles. The van der Waals surface area contributed by atoms with Crippen LogP contribution in [0.25, 0.3) is 10.2 Å². The number of pyridine rings is 1. The van der Waals surface area contributed by atoms with Crippen LogP contribution in [-0.4, -0.2) is 112 Å². The molecule has 4 saturated heterocycles. The summed E-state index contributed by atoms with van der Waals surface area (Å²) in [6, 6.07) is 8.37. The molecule has 6 fully saturated rings. The number of halogens is 2. The summed E-state index contributed by atoms with van der Waals surface area (Å²) in [5.41, 5.74) is 2.04. The maximum atomic E-state index is 14.3. The Hall–Kier alpha value is -5.33. The van der Waals surface area contributed by atoms with Gasteiger partial charge in [-0.1, -0.05) is 6.07 Å². The molecule has 5 amide bonds. The molecule has 2 aliphatic carbocycles. The normalized spacial score (nSPS) is 26.9. The Morgan fingerprint density at radius 3 is 2.52 bits per heavy atom. The first-order chi connectivity index (χ1) is 31.0. The molecule has 0 radical (unpaired) electrons. The van der Waals surface area contributed by atoms with Gasteiger partial charge in [0, 0.05) is 43.3 Å². The summed E-state index contributed by atoms with van der Waals surface area (Å²) in [6.07, 6.45) is 8.22. The fraction of sp³-hybridized carbons (Fsp3) is 0.543. The fourth-order valence-electron chi connectivity index (χ4n) is 11.7. The average molecular weight is 896 g/mol. The second kappa shape index (κ2) is 16.3. The molecular weight excluding hydrogens is 845 g/mol. The van der Waals surface area contributed by atoms with Gasteiger partial charge >= 0.3 is 0 Å². The van der Waals surface area contributed by atoms with Crippen LogP contribution in [0.1, 0.15) is 120 Å². The predicted molar refractivity (Wildman–Crippen MR) is 234 cm³/mol. The summed E-state index contributed by atoms with van der Waals surface area (Å²) in [6.45, 7) is 5.24. The molecule has 336 valence electrons. The molecule has 4 aromatic rings. The monoisotopic (exact) mass is 895 g/mol. The van der Waals surface area contributed by atoms with Crippen LogP contribution in [0.5, 0.6) is 0 Å². The first-order valence-corrected chi connectivity index (χ1v) is 23.6. The van der Waals surface area contributed by atoms with Crippen LogP contribution >= 0.6 is 11.3 Å². The molecule has 3 aromatic heterocycles. The predicted octanol–water partition coefficient (Wildman–Crippen LogP) is 6.40. The maximum absolute atomic E-state index is 14.3. The number of alkyl halides is 2. The van der Waals surface area contributed by atoms with E-state index in [2.05, 4.69) is 30.8 Å². The van der Waals surface area contributed by atoms with Gasteiger partial charge in [-0.05, 0) is 119 Å². The Balaban J connectivity index is 0.645. The third kappa shape index (κ3) is 7.44. The molecule has 15 nitrogen and oxygen atoms in total. The van der Waals surface area contributed by atoms with Gasteiger partial charge in [-0.15, -0.1) is 11.3 Å². The molecule has 1 aromatic carbocycles. The number of anilines is 3. The van der Waals surface area contributed by atoms with Crippen molar-refractivity contribution in [3.63, 3.8) is 0 Å². The Labute approximate surface area is 372 Å². The van der Waals surface area contributed by atoms with Gasteiger partial charge in [-0.25, -0.2) is 13.8 Å². The minimum absolute atomic E-state index is 0.0182. The number of carbonyl (C=O) groups excluding carboxylic acids is 5. The Bertz CT molecular complexity index is 2540. The van der Waals surface area contributed by atoms with Gasteiger partial charge in [-0.3, -0.25) is 38.9 Å². The van der Waals surface area contributed by atoms with Crippen LogP contribution in [-0.2, 0) is 14.3 Å². The molecule has 2 bridgehead atoms. The van der Waals surface area contributed by atoms with Crippen molar-refractivity contribution in [3.05, 3.63) is 64.3 Å². The molecule has 7 aliphatic rings. The number of amides is 5. The Morgan fingerprint density at radius 1 is 0.969 bits per heavy atom. The second-order valence-electron chi connectivity index (χ2n) is 19.1. The topological polar surface area (TPSA) is 171 Å². The van der Waals surface area contributed by atoms with Gasteiger partial charge in [0.25, 0.3) is 24.1 Å². The third-order valence-corrected chi connectivity index (χ3v) is 16.1. The van der Waals surface area contributed by atoms with E-state index < -0.39 is 47.7 Å². The number of aromatic nitrogens is 3. The van der Waals surface area contributed by atoms with Crippen molar-refractivity contribution in [3.8, 4) is 0 Å². The highest BCUT2D eigenvalue weighted by molar-refractivity contribution is 7.17. The van der Waals surface area contributed by atoms with Crippen molar-refractivity contribution in [2.24, 2.45) is 17.3 Å². The number of thiophene rings is 1. The van der Waals surface area contributed by atoms with Crippen LogP contribution in [0.3, 0.4) is 0 Å². The molecule has 2 saturated carbocycles. The van der Waals surface area contributed by atoms with E-state index >= 15 is 0 Å². The lowest BCUT2D eigenvalue weighted by molar-refractivity contribution is -0.136. The second-order valence-corrected chi connectivity index (χ2v) is 20.0. The van der Waals surface area contributed by atoms with Crippen molar-refractivity contribution < 1.29 is 37.5 Å². The number of fused-ring (bicyclic) bond motifs is 4. The Kier molecular flexibility index (Phi) is 10.5. The third-order valence-electron chi connectivity index (χ3n) is 15.2. The van der Waals surface area contributed by atoms with E-state index in [0.29, 0.717) is 52.7 Å². The van der Waals surface area contributed by atoms with Crippen LogP contribution in [0.2, 0.25) is 0 Å². The van der Waals surface area contributed by atoms with E-state index in [1.807, 2.05) is 12.1 Å². The lowest BCUT2D eigenvalue weighted by Gasteiger charge is -2.53. The van der Waals surface area contributed by atoms with Gasteiger partial charge in [0.1, 0.15) is 11.9 Å². The number of ether oxygens (including phenoxy) is 1. The van der Waals surface area contributed by atoms with Crippen molar-refractivity contribution in [2.75, 3.05) is 54.9 Å². The number of imide groups is 2. The molecule has 3 atom stereocenters. The molecule has 64 heavy (non-hydrogen) atoms. The highest BCUT2D eigenvalue weighted by atomic mass is 32.1. The number of likely N-dealkylation sites (tertiary alicyclic amines) is 1. The minimum Gasteiger partial charge on any atom is -0.384 e. The molecule has 11 rings (SSSR count). The lowest BCUT2D eigenvalue weighted by Crippen LogP contribution is -2.54. The molecule has 5 aliphatic heterocycles. The number of nitrogens with zero attached hydrogens (tertiary/aromatic N) is 6. The number of nitrogens with one attached hydrogen (secondary N) is 3. The van der Waals surface area contributed by atoms with E-state index in [9.17, 15) is 32.8 Å². The standard InChI is InChI=1S/C46H51F2N9O6S/c47-41(48)40-33(50-42(59)31-24-64-35-9-10-36(51-39(31)35)55-21-29-16-28(55)23-63-29)22-56(53-40)27-6-4-25(5-7-27)20-54-14-12-46(13-15-54)17-26(18-46)19-49-32-3-1-2-30-38(32)45(62)57(44(30)61)34-8-11-37(58)52-43(34)60/h1-3,9-10,22,24-29,34,41,49H,4-8,11-21,23H2,(H,50,59)(H,52,58,60)/t25?,27?,28?,29-,34?/m1/s1. The summed E-state index contributed by atoms with van der Waals surface area (Å²) >= 11 is 1.41. The van der Waals surface area contributed by atoms with Gasteiger partial charge in [0.05, 0.1) is 57.4 Å². The molecule has 18 heteroatoms. The number of hydrogen-bond donors (Lipinski definition) is 3. The van der Waals surface area contributed by atoms with E-state index in [4.69, 9.17) is 9.72 Å². The zero-order valence-electron chi connectivity index (χ0n) is 35.4. The van der Waals surface area contributed by atoms with Crippen molar-refractivity contribution in [1.82, 2.24) is 29.9 Å². The van der Waals surface area contributed by atoms with Crippen LogP contribution in [0.4, 0.5) is 26.0 Å². The van der Waals surface area contributed by atoms with Crippen molar-refractivity contribution in [2.45, 2.75) is 101 Å². The van der Waals surface area contributed by atoms with Crippen LogP contribution in [0.15, 0.2) is 41.9 Å². The van der Waals surface area contributed by atoms with Crippen LogP contribution in [0, 0.1) is 17.3 Å². The molecule has 2 unspecified atom stereocenters. The summed E-state index contributed by atoms with van der Waals surface area (Å²) in [5.74, 6) is -0.733. The van der Waals surface area contributed by atoms with Gasteiger partial charge in [-0.2, -0.15) is 5.10 Å². The van der Waals surface area contributed by atoms with E-state index in [-0.39, 0.29) is 42.3 Å². The van der Waals surface area contributed by atoms with Gasteiger partial charge < -0.3 is 25.2 Å². The van der Waals surface area contributed by atoms with Gasteiger partial charge in [0.15, 0.2) is 5.69 Å². The maximum Gasteiger partial charge on any atom is 0.284 e. The van der Waals surface area contributed by atoms with E-state index in [1.165, 1.54) is 11.3 Å². The molecule has 3 N–H and O–H groups in total. The zero-order chi connectivity index (χ0) is 43.9. The first kappa shape index (κ1) is 41.4. The van der Waals surface area contributed by atoms with Crippen molar-refractivity contribution >= 4 is 68.3 Å². The highest BCUT2D eigenvalue weighted by Crippen LogP contribution is 2.53. The number of benzene rings is 1. The lowest BCUT2D eigenvalue weighted by atomic mass is 9.57. The van der Waals surface area contributed by atoms with E-state index in [1.54, 1.807) is 34.5 Å². The molecule has 1 spiro atoms. The summed E-state index contributed by atoms with van der Waals surface area (Å²) < 4.78 is 36.9. The summed E-state index contributed by atoms with van der Waals surface area (Å²) in [5, 5.41) is 14.5. The van der Waals surface area contributed by atoms with Crippen molar-refractivity contribution in [1.29, 1.82) is 0 Å². The summed E-state index contributed by atoms with van der Waals surface area (Å²) in [4.78, 5) is 75.2.